The Balaban J connectivity index is 1.37. The lowest BCUT2D eigenvalue weighted by Crippen LogP contribution is -2.34. The van der Waals surface area contributed by atoms with Gasteiger partial charge in [-0.3, -0.25) is 19.3 Å². The number of hydrogen-bond acceptors (Lipinski definition) is 5. The number of nitrogens with zero attached hydrogens (tertiary/aromatic N) is 1. The van der Waals surface area contributed by atoms with E-state index in [2.05, 4.69) is 5.32 Å². The van der Waals surface area contributed by atoms with Crippen LogP contribution in [0.1, 0.15) is 28.8 Å². The van der Waals surface area contributed by atoms with Crippen molar-refractivity contribution in [3.63, 3.8) is 0 Å². The number of amides is 3. The molecule has 0 aromatic heterocycles. The number of carbonyl (C=O) groups is 4. The molecule has 0 spiro atoms. The Labute approximate surface area is 211 Å². The van der Waals surface area contributed by atoms with E-state index in [1.54, 1.807) is 25.1 Å². The van der Waals surface area contributed by atoms with E-state index in [-0.39, 0.29) is 28.1 Å². The molecule has 2 fully saturated rings. The van der Waals surface area contributed by atoms with Crippen molar-refractivity contribution in [1.29, 1.82) is 0 Å². The number of ether oxygens (including phenoxy) is 1. The zero-order valence-electron chi connectivity index (χ0n) is 18.1. The first kappa shape index (κ1) is 24.5. The standard InChI is InChI=1S/C24H21Cl3N2O5/c1-12-17(25)3-2-4-20(12)28-21(30)11-34-24(33)13-5-7-14(8-6-13)29-22(31)15-9-18(26)19(27)10-16(15)23(29)32/h2-8,15-16,18-19H,9-11H2,1H3,(H,28,30)/t15-,16-,18-,19+/m1/s1. The number of carbonyl (C=O) groups excluding carboxylic acids is 4. The summed E-state index contributed by atoms with van der Waals surface area (Å²) >= 11 is 18.5. The average molecular weight is 524 g/mol. The zero-order valence-corrected chi connectivity index (χ0v) is 20.4. The number of anilines is 2. The molecule has 34 heavy (non-hydrogen) atoms. The number of nitrogens with one attached hydrogen (secondary N) is 1. The molecular weight excluding hydrogens is 503 g/mol. The molecule has 2 aliphatic rings. The van der Waals surface area contributed by atoms with Crippen molar-refractivity contribution in [3.05, 3.63) is 58.6 Å². The first-order valence-electron chi connectivity index (χ1n) is 10.7. The smallest absolute Gasteiger partial charge is 0.338 e. The number of benzene rings is 2. The fraction of sp³-hybridized carbons (Fsp3) is 0.333. The van der Waals surface area contributed by atoms with E-state index < -0.39 is 30.3 Å². The number of fused-ring (bicyclic) bond motifs is 1. The van der Waals surface area contributed by atoms with E-state index in [1.807, 2.05) is 0 Å². The third-order valence-electron chi connectivity index (χ3n) is 6.15. The highest BCUT2D eigenvalue weighted by molar-refractivity contribution is 6.32. The quantitative estimate of drug-likeness (QED) is 0.352. The lowest BCUT2D eigenvalue weighted by molar-refractivity contribution is -0.122. The molecule has 0 unspecified atom stereocenters. The van der Waals surface area contributed by atoms with Crippen LogP contribution in [0, 0.1) is 18.8 Å². The lowest BCUT2D eigenvalue weighted by Gasteiger charge is -2.28. The number of esters is 1. The maximum atomic E-state index is 12.9. The van der Waals surface area contributed by atoms with Crippen LogP contribution in [-0.4, -0.2) is 41.1 Å². The fourth-order valence-electron chi connectivity index (χ4n) is 4.24. The Morgan fingerprint density at radius 3 is 2.18 bits per heavy atom. The zero-order chi connectivity index (χ0) is 24.6. The minimum Gasteiger partial charge on any atom is -0.452 e. The first-order valence-corrected chi connectivity index (χ1v) is 11.9. The minimum absolute atomic E-state index is 0.175. The first-order chi connectivity index (χ1) is 16.2. The number of rotatable bonds is 5. The molecule has 3 amide bonds. The van der Waals surface area contributed by atoms with Crippen LogP contribution < -0.4 is 10.2 Å². The van der Waals surface area contributed by atoms with Gasteiger partial charge in [-0.05, 0) is 61.7 Å². The van der Waals surface area contributed by atoms with E-state index in [0.717, 1.165) is 4.90 Å². The van der Waals surface area contributed by atoms with Crippen LogP contribution in [0.2, 0.25) is 5.02 Å². The van der Waals surface area contributed by atoms with E-state index in [0.29, 0.717) is 34.8 Å². The largest absolute Gasteiger partial charge is 0.452 e. The van der Waals surface area contributed by atoms with Gasteiger partial charge < -0.3 is 10.1 Å². The summed E-state index contributed by atoms with van der Waals surface area (Å²) in [6.45, 7) is 1.27. The van der Waals surface area contributed by atoms with Gasteiger partial charge >= 0.3 is 5.97 Å². The molecule has 10 heteroatoms. The second-order valence-corrected chi connectivity index (χ2v) is 9.84. The van der Waals surface area contributed by atoms with Gasteiger partial charge in [-0.15, -0.1) is 23.2 Å². The normalized spacial score (nSPS) is 24.1. The summed E-state index contributed by atoms with van der Waals surface area (Å²) in [7, 11) is 0. The van der Waals surface area contributed by atoms with Crippen molar-refractivity contribution < 1.29 is 23.9 Å². The van der Waals surface area contributed by atoms with Crippen LogP contribution in [-0.2, 0) is 19.1 Å². The Morgan fingerprint density at radius 2 is 1.59 bits per heavy atom. The van der Waals surface area contributed by atoms with Gasteiger partial charge in [-0.2, -0.15) is 0 Å². The Morgan fingerprint density at radius 1 is 1.00 bits per heavy atom. The van der Waals surface area contributed by atoms with Gasteiger partial charge in [0.2, 0.25) is 11.8 Å². The summed E-state index contributed by atoms with van der Waals surface area (Å²) in [5.74, 6) is -2.83. The minimum atomic E-state index is -0.716. The highest BCUT2D eigenvalue weighted by Gasteiger charge is 2.52. The second-order valence-electron chi connectivity index (χ2n) is 8.31. The number of alkyl halides is 2. The molecule has 178 valence electrons. The van der Waals surface area contributed by atoms with Gasteiger partial charge in [-0.1, -0.05) is 17.7 Å². The number of imide groups is 1. The Bertz CT molecular complexity index is 1130. The molecule has 4 atom stereocenters. The molecule has 2 aromatic carbocycles. The summed E-state index contributed by atoms with van der Waals surface area (Å²) in [5.41, 5.74) is 1.76. The molecule has 4 rings (SSSR count). The maximum Gasteiger partial charge on any atom is 0.338 e. The van der Waals surface area contributed by atoms with Crippen molar-refractivity contribution in [2.45, 2.75) is 30.5 Å². The van der Waals surface area contributed by atoms with Crippen molar-refractivity contribution in [2.24, 2.45) is 11.8 Å². The van der Waals surface area contributed by atoms with Gasteiger partial charge in [0.1, 0.15) is 0 Å². The second kappa shape index (κ2) is 9.94. The maximum absolute atomic E-state index is 12.9. The molecule has 1 aliphatic carbocycles. The summed E-state index contributed by atoms with van der Waals surface area (Å²) in [6, 6.07) is 11.0. The van der Waals surface area contributed by atoms with Crippen LogP contribution in [0.4, 0.5) is 11.4 Å². The van der Waals surface area contributed by atoms with Crippen LogP contribution in [0.3, 0.4) is 0 Å². The highest BCUT2D eigenvalue weighted by atomic mass is 35.5. The molecule has 0 bridgehead atoms. The van der Waals surface area contributed by atoms with Gasteiger partial charge in [-0.25, -0.2) is 4.79 Å². The summed E-state index contributed by atoms with van der Waals surface area (Å²) in [6.07, 6.45) is 0.700. The third kappa shape index (κ3) is 4.78. The van der Waals surface area contributed by atoms with Gasteiger partial charge in [0.05, 0.1) is 33.8 Å². The van der Waals surface area contributed by atoms with Crippen molar-refractivity contribution in [2.75, 3.05) is 16.8 Å². The monoisotopic (exact) mass is 522 g/mol. The third-order valence-corrected chi connectivity index (χ3v) is 7.65. The van der Waals surface area contributed by atoms with Crippen molar-refractivity contribution in [1.82, 2.24) is 0 Å². The van der Waals surface area contributed by atoms with E-state index in [1.165, 1.54) is 24.3 Å². The van der Waals surface area contributed by atoms with E-state index in [4.69, 9.17) is 39.5 Å². The van der Waals surface area contributed by atoms with Crippen LogP contribution in [0.25, 0.3) is 0 Å². The number of hydrogen-bond donors (Lipinski definition) is 1. The molecule has 1 aliphatic heterocycles. The van der Waals surface area contributed by atoms with Gasteiger partial charge in [0, 0.05) is 10.7 Å². The summed E-state index contributed by atoms with van der Waals surface area (Å²) in [4.78, 5) is 51.3. The molecule has 1 saturated heterocycles. The Hall–Kier alpha value is -2.61. The van der Waals surface area contributed by atoms with Crippen molar-refractivity contribution in [3.8, 4) is 0 Å². The fourth-order valence-corrected chi connectivity index (χ4v) is 5.00. The molecule has 2 aromatic rings. The van der Waals surface area contributed by atoms with Crippen LogP contribution in [0.5, 0.6) is 0 Å². The topological polar surface area (TPSA) is 92.8 Å². The average Bonchev–Trinajstić information content (AvgIpc) is 3.05. The van der Waals surface area contributed by atoms with Crippen molar-refractivity contribution >= 4 is 69.9 Å². The van der Waals surface area contributed by atoms with E-state index in [9.17, 15) is 19.2 Å². The van der Waals surface area contributed by atoms with E-state index >= 15 is 0 Å². The molecular formula is C24H21Cl3N2O5. The van der Waals surface area contributed by atoms with Crippen LogP contribution in [0.15, 0.2) is 42.5 Å². The summed E-state index contributed by atoms with van der Waals surface area (Å²) in [5, 5.41) is 2.42. The molecule has 0 radical (unpaired) electrons. The van der Waals surface area contributed by atoms with Crippen LogP contribution >= 0.6 is 34.8 Å². The van der Waals surface area contributed by atoms with Gasteiger partial charge in [0.15, 0.2) is 6.61 Å². The lowest BCUT2D eigenvalue weighted by atomic mass is 9.80. The van der Waals surface area contributed by atoms with Gasteiger partial charge in [0.25, 0.3) is 5.91 Å². The number of halogens is 3. The highest BCUT2D eigenvalue weighted by Crippen LogP contribution is 2.43. The predicted molar refractivity (Wildman–Crippen MR) is 130 cm³/mol. The molecule has 1 saturated carbocycles. The molecule has 1 N–H and O–H groups in total. The predicted octanol–water partition coefficient (Wildman–Crippen LogP) is 4.56. The Kier molecular flexibility index (Phi) is 7.17. The molecule has 7 nitrogen and oxygen atoms in total. The SMILES string of the molecule is Cc1c(Cl)cccc1NC(=O)COC(=O)c1ccc(N2C(=O)[C@@H]3C[C@@H](Cl)[C@@H](Cl)C[C@H]3C2=O)cc1. The summed E-state index contributed by atoms with van der Waals surface area (Å²) < 4.78 is 5.08. The molecule has 1 heterocycles.